The Morgan fingerprint density at radius 3 is 2.85 bits per heavy atom. The highest BCUT2D eigenvalue weighted by molar-refractivity contribution is 5.95. The number of amides is 1. The fraction of sp³-hybridized carbons (Fsp3) is 0.562. The van der Waals surface area contributed by atoms with Crippen molar-refractivity contribution in [2.24, 2.45) is 0 Å². The molecule has 0 bridgehead atoms. The molecule has 1 aliphatic carbocycles. The molecule has 0 unspecified atom stereocenters. The third-order valence-corrected chi connectivity index (χ3v) is 4.25. The first kappa shape index (κ1) is 13.6. The Balaban J connectivity index is 1.57. The zero-order valence-electron chi connectivity index (χ0n) is 11.8. The second-order valence-electron chi connectivity index (χ2n) is 5.66. The van der Waals surface area contributed by atoms with E-state index in [4.69, 9.17) is 5.11 Å². The Morgan fingerprint density at radius 1 is 1.30 bits per heavy atom. The maximum Gasteiger partial charge on any atom is 0.228 e. The number of aliphatic hydroxyl groups is 1. The average molecular weight is 274 g/mol. The molecular weight excluding hydrogens is 252 g/mol. The molecule has 1 saturated carbocycles. The van der Waals surface area contributed by atoms with Crippen molar-refractivity contribution in [3.05, 3.63) is 29.8 Å². The zero-order chi connectivity index (χ0) is 13.9. The lowest BCUT2D eigenvalue weighted by Gasteiger charge is -2.23. The van der Waals surface area contributed by atoms with Crippen molar-refractivity contribution in [1.82, 2.24) is 4.90 Å². The summed E-state index contributed by atoms with van der Waals surface area (Å²) >= 11 is 0. The van der Waals surface area contributed by atoms with Gasteiger partial charge in [-0.2, -0.15) is 0 Å². The predicted molar refractivity (Wildman–Crippen MR) is 78.8 cm³/mol. The number of fused-ring (bicyclic) bond motifs is 1. The molecule has 4 heteroatoms. The van der Waals surface area contributed by atoms with Gasteiger partial charge in [-0.05, 0) is 30.9 Å². The summed E-state index contributed by atoms with van der Waals surface area (Å²) < 4.78 is 0. The largest absolute Gasteiger partial charge is 0.395 e. The molecule has 3 rings (SSSR count). The van der Waals surface area contributed by atoms with Crippen molar-refractivity contribution < 1.29 is 9.90 Å². The quantitative estimate of drug-likeness (QED) is 0.853. The van der Waals surface area contributed by atoms with Crippen LogP contribution >= 0.6 is 0 Å². The second-order valence-corrected chi connectivity index (χ2v) is 5.66. The molecule has 1 aliphatic heterocycles. The smallest absolute Gasteiger partial charge is 0.228 e. The van der Waals surface area contributed by atoms with Gasteiger partial charge in [0.05, 0.1) is 6.61 Å². The van der Waals surface area contributed by atoms with E-state index < -0.39 is 0 Å². The molecular formula is C16H22N2O2. The molecule has 1 aromatic carbocycles. The first-order valence-electron chi connectivity index (χ1n) is 7.53. The van der Waals surface area contributed by atoms with E-state index >= 15 is 0 Å². The highest BCUT2D eigenvalue weighted by atomic mass is 16.3. The number of anilines is 1. The highest BCUT2D eigenvalue weighted by Gasteiger charge is 2.30. The van der Waals surface area contributed by atoms with Crippen LogP contribution in [0.3, 0.4) is 0 Å². The molecule has 0 spiro atoms. The number of nitrogens with zero attached hydrogens (tertiary/aromatic N) is 2. The number of carbonyl (C=O) groups excluding carboxylic acids is 1. The Labute approximate surface area is 120 Å². The van der Waals surface area contributed by atoms with Crippen LogP contribution in [0.5, 0.6) is 0 Å². The van der Waals surface area contributed by atoms with E-state index in [9.17, 15) is 4.79 Å². The van der Waals surface area contributed by atoms with Gasteiger partial charge >= 0.3 is 0 Å². The van der Waals surface area contributed by atoms with Gasteiger partial charge in [0.25, 0.3) is 0 Å². The van der Waals surface area contributed by atoms with Crippen LogP contribution in [0.25, 0.3) is 0 Å². The van der Waals surface area contributed by atoms with E-state index in [0.29, 0.717) is 19.0 Å². The standard InChI is InChI=1S/C16H22N2O2/c19-12-11-17(14-5-6-14)9-8-16(20)18-10-7-13-3-1-2-4-15(13)18/h1-4,14,19H,5-12H2. The van der Waals surface area contributed by atoms with Gasteiger partial charge in [0.1, 0.15) is 0 Å². The number of rotatable bonds is 6. The van der Waals surface area contributed by atoms with Crippen LogP contribution in [0.1, 0.15) is 24.8 Å². The summed E-state index contributed by atoms with van der Waals surface area (Å²) in [5.74, 6) is 0.207. The second kappa shape index (κ2) is 5.94. The van der Waals surface area contributed by atoms with E-state index in [0.717, 1.165) is 25.2 Å². The monoisotopic (exact) mass is 274 g/mol. The molecule has 20 heavy (non-hydrogen) atoms. The average Bonchev–Trinajstić information content (AvgIpc) is 3.22. The van der Waals surface area contributed by atoms with Crippen LogP contribution in [0.15, 0.2) is 24.3 Å². The third kappa shape index (κ3) is 2.86. The number of aliphatic hydroxyl groups excluding tert-OH is 1. The van der Waals surface area contributed by atoms with Crippen LogP contribution in [-0.2, 0) is 11.2 Å². The Morgan fingerprint density at radius 2 is 2.10 bits per heavy atom. The van der Waals surface area contributed by atoms with Crippen molar-refractivity contribution in [3.63, 3.8) is 0 Å². The van der Waals surface area contributed by atoms with Crippen LogP contribution < -0.4 is 4.90 Å². The molecule has 4 nitrogen and oxygen atoms in total. The van der Waals surface area contributed by atoms with Gasteiger partial charge in [0.2, 0.25) is 5.91 Å². The van der Waals surface area contributed by atoms with Gasteiger partial charge in [-0.25, -0.2) is 0 Å². The summed E-state index contributed by atoms with van der Waals surface area (Å²) in [7, 11) is 0. The summed E-state index contributed by atoms with van der Waals surface area (Å²) in [6, 6.07) is 8.76. The number of hydrogen-bond acceptors (Lipinski definition) is 3. The minimum Gasteiger partial charge on any atom is -0.395 e. The summed E-state index contributed by atoms with van der Waals surface area (Å²) in [6.07, 6.45) is 3.93. The van der Waals surface area contributed by atoms with E-state index in [-0.39, 0.29) is 12.5 Å². The van der Waals surface area contributed by atoms with Crippen molar-refractivity contribution in [2.45, 2.75) is 31.7 Å². The number of benzene rings is 1. The molecule has 0 radical (unpaired) electrons. The molecule has 1 amide bonds. The van der Waals surface area contributed by atoms with E-state index in [1.54, 1.807) is 0 Å². The molecule has 1 fully saturated rings. The van der Waals surface area contributed by atoms with Gasteiger partial charge in [-0.15, -0.1) is 0 Å². The van der Waals surface area contributed by atoms with E-state index in [1.807, 2.05) is 23.1 Å². The van der Waals surface area contributed by atoms with Crippen molar-refractivity contribution >= 4 is 11.6 Å². The molecule has 0 saturated heterocycles. The lowest BCUT2D eigenvalue weighted by Crippen LogP contribution is -2.35. The number of para-hydroxylation sites is 1. The van der Waals surface area contributed by atoms with Crippen molar-refractivity contribution in [1.29, 1.82) is 0 Å². The minimum atomic E-state index is 0.178. The van der Waals surface area contributed by atoms with Gasteiger partial charge < -0.3 is 10.0 Å². The summed E-state index contributed by atoms with van der Waals surface area (Å²) in [4.78, 5) is 16.6. The number of hydrogen-bond donors (Lipinski definition) is 1. The molecule has 108 valence electrons. The fourth-order valence-corrected chi connectivity index (χ4v) is 3.02. The highest BCUT2D eigenvalue weighted by Crippen LogP contribution is 2.29. The number of carbonyl (C=O) groups is 1. The zero-order valence-corrected chi connectivity index (χ0v) is 11.8. The van der Waals surface area contributed by atoms with Gasteiger partial charge in [-0.1, -0.05) is 18.2 Å². The van der Waals surface area contributed by atoms with E-state index in [2.05, 4.69) is 11.0 Å². The summed E-state index contributed by atoms with van der Waals surface area (Å²) in [5, 5.41) is 9.08. The first-order valence-corrected chi connectivity index (χ1v) is 7.53. The molecule has 1 N–H and O–H groups in total. The molecule has 0 atom stereocenters. The lowest BCUT2D eigenvalue weighted by molar-refractivity contribution is -0.118. The maximum absolute atomic E-state index is 12.4. The van der Waals surface area contributed by atoms with Crippen molar-refractivity contribution in [3.8, 4) is 0 Å². The minimum absolute atomic E-state index is 0.178. The van der Waals surface area contributed by atoms with Crippen LogP contribution in [0.4, 0.5) is 5.69 Å². The maximum atomic E-state index is 12.4. The Hall–Kier alpha value is -1.39. The van der Waals surface area contributed by atoms with Crippen molar-refractivity contribution in [2.75, 3.05) is 31.1 Å². The Bertz CT molecular complexity index is 485. The van der Waals surface area contributed by atoms with Gasteiger partial charge in [0.15, 0.2) is 0 Å². The third-order valence-electron chi connectivity index (χ3n) is 4.25. The van der Waals surface area contributed by atoms with Gasteiger partial charge in [-0.3, -0.25) is 9.69 Å². The molecule has 1 heterocycles. The Kier molecular flexibility index (Phi) is 4.03. The first-order chi connectivity index (χ1) is 9.79. The van der Waals surface area contributed by atoms with Gasteiger partial charge in [0, 0.05) is 37.8 Å². The van der Waals surface area contributed by atoms with Crippen LogP contribution in [-0.4, -0.2) is 48.2 Å². The van der Waals surface area contributed by atoms with E-state index in [1.165, 1.54) is 18.4 Å². The fourth-order valence-electron chi connectivity index (χ4n) is 3.02. The SMILES string of the molecule is O=C(CCN(CCO)C1CC1)N1CCc2ccccc21. The predicted octanol–water partition coefficient (Wildman–Crippen LogP) is 1.42. The molecule has 2 aliphatic rings. The van der Waals surface area contributed by atoms with Crippen LogP contribution in [0.2, 0.25) is 0 Å². The normalized spacial score (nSPS) is 17.6. The summed E-state index contributed by atoms with van der Waals surface area (Å²) in [5.41, 5.74) is 2.35. The lowest BCUT2D eigenvalue weighted by atomic mass is 10.2. The van der Waals surface area contributed by atoms with Crippen LogP contribution in [0, 0.1) is 0 Å². The topological polar surface area (TPSA) is 43.8 Å². The molecule has 0 aromatic heterocycles. The molecule has 1 aromatic rings. The summed E-state index contributed by atoms with van der Waals surface area (Å²) in [6.45, 7) is 2.44.